The van der Waals surface area contributed by atoms with Gasteiger partial charge in [-0.2, -0.15) is 0 Å². The summed E-state index contributed by atoms with van der Waals surface area (Å²) in [5.74, 6) is 2.07. The second-order valence-corrected chi connectivity index (χ2v) is 4.55. The van der Waals surface area contributed by atoms with Gasteiger partial charge in [0.1, 0.15) is 12.4 Å². The molecule has 104 valence electrons. The van der Waals surface area contributed by atoms with E-state index >= 15 is 0 Å². The van der Waals surface area contributed by atoms with Gasteiger partial charge in [-0.3, -0.25) is 0 Å². The van der Waals surface area contributed by atoms with Crippen LogP contribution in [-0.2, 0) is 17.9 Å². The fourth-order valence-electron chi connectivity index (χ4n) is 2.29. The number of hydrogen-bond donors (Lipinski definition) is 1. The molecule has 1 aromatic heterocycles. The van der Waals surface area contributed by atoms with Gasteiger partial charge in [0, 0.05) is 19.6 Å². The monoisotopic (exact) mass is 255 g/mol. The molecule has 0 aliphatic carbocycles. The molecule has 0 aliphatic heterocycles. The van der Waals surface area contributed by atoms with Gasteiger partial charge < -0.3 is 14.4 Å². The molecule has 0 amide bonds. The van der Waals surface area contributed by atoms with Crippen molar-refractivity contribution in [2.24, 2.45) is 0 Å². The van der Waals surface area contributed by atoms with Gasteiger partial charge in [-0.25, -0.2) is 0 Å². The summed E-state index contributed by atoms with van der Waals surface area (Å²) in [5, 5.41) is 17.7. The van der Waals surface area contributed by atoms with Crippen LogP contribution in [0.1, 0.15) is 57.1 Å². The molecule has 1 heterocycles. The van der Waals surface area contributed by atoms with Crippen molar-refractivity contribution in [1.82, 2.24) is 14.8 Å². The van der Waals surface area contributed by atoms with Crippen molar-refractivity contribution in [3.63, 3.8) is 0 Å². The van der Waals surface area contributed by atoms with E-state index in [0.717, 1.165) is 31.5 Å². The lowest BCUT2D eigenvalue weighted by atomic mass is 9.97. The molecule has 0 atom stereocenters. The maximum Gasteiger partial charge on any atom is 0.158 e. The zero-order chi connectivity index (χ0) is 13.4. The van der Waals surface area contributed by atoms with Crippen molar-refractivity contribution in [3.8, 4) is 0 Å². The van der Waals surface area contributed by atoms with E-state index in [0.29, 0.717) is 24.9 Å². The maximum atomic E-state index is 9.31. The Labute approximate surface area is 109 Å². The zero-order valence-electron chi connectivity index (χ0n) is 11.7. The quantitative estimate of drug-likeness (QED) is 0.734. The first-order chi connectivity index (χ1) is 8.78. The number of nitrogens with zero attached hydrogens (tertiary/aromatic N) is 3. The SMILES string of the molecule is CCCC(CCC)c1nnc(CO)n1CCOC. The van der Waals surface area contributed by atoms with Crippen molar-refractivity contribution in [3.05, 3.63) is 11.6 Å². The van der Waals surface area contributed by atoms with Crippen molar-refractivity contribution in [2.45, 2.75) is 58.6 Å². The molecule has 0 spiro atoms. The second-order valence-electron chi connectivity index (χ2n) is 4.55. The minimum absolute atomic E-state index is 0.0678. The number of ether oxygens (including phenoxy) is 1. The molecule has 1 rings (SSSR count). The molecule has 0 aromatic carbocycles. The fraction of sp³-hybridized carbons (Fsp3) is 0.846. The van der Waals surface area contributed by atoms with Crippen LogP contribution in [0.15, 0.2) is 0 Å². The van der Waals surface area contributed by atoms with E-state index in [4.69, 9.17) is 4.74 Å². The Bertz CT molecular complexity index is 333. The van der Waals surface area contributed by atoms with Crippen LogP contribution in [0.3, 0.4) is 0 Å². The summed E-state index contributed by atoms with van der Waals surface area (Å²) in [6.07, 6.45) is 4.50. The van der Waals surface area contributed by atoms with Gasteiger partial charge in [0.25, 0.3) is 0 Å². The smallest absolute Gasteiger partial charge is 0.158 e. The molecule has 5 nitrogen and oxygen atoms in total. The van der Waals surface area contributed by atoms with E-state index < -0.39 is 0 Å². The highest BCUT2D eigenvalue weighted by Gasteiger charge is 2.19. The summed E-state index contributed by atoms with van der Waals surface area (Å²) in [5.41, 5.74) is 0. The average Bonchev–Trinajstić information content (AvgIpc) is 2.78. The Kier molecular flexibility index (Phi) is 6.90. The number of aromatic nitrogens is 3. The van der Waals surface area contributed by atoms with Crippen LogP contribution in [0.25, 0.3) is 0 Å². The topological polar surface area (TPSA) is 60.2 Å². The molecule has 1 N–H and O–H groups in total. The number of hydrogen-bond acceptors (Lipinski definition) is 4. The van der Waals surface area contributed by atoms with Crippen LogP contribution in [0.4, 0.5) is 0 Å². The molecule has 0 fully saturated rings. The Morgan fingerprint density at radius 2 is 1.89 bits per heavy atom. The molecular weight excluding hydrogens is 230 g/mol. The molecule has 5 heteroatoms. The first kappa shape index (κ1) is 15.1. The highest BCUT2D eigenvalue weighted by molar-refractivity contribution is 5.02. The van der Waals surface area contributed by atoms with Gasteiger partial charge >= 0.3 is 0 Å². The zero-order valence-corrected chi connectivity index (χ0v) is 11.7. The van der Waals surface area contributed by atoms with Crippen LogP contribution in [0.5, 0.6) is 0 Å². The lowest BCUT2D eigenvalue weighted by Gasteiger charge is -2.16. The predicted molar refractivity (Wildman–Crippen MR) is 70.4 cm³/mol. The third-order valence-electron chi connectivity index (χ3n) is 3.16. The number of aliphatic hydroxyl groups is 1. The molecule has 18 heavy (non-hydrogen) atoms. The first-order valence-corrected chi connectivity index (χ1v) is 6.80. The minimum atomic E-state index is -0.0678. The molecule has 0 saturated carbocycles. The van der Waals surface area contributed by atoms with Crippen molar-refractivity contribution < 1.29 is 9.84 Å². The van der Waals surface area contributed by atoms with E-state index in [1.165, 1.54) is 0 Å². The number of methoxy groups -OCH3 is 1. The Morgan fingerprint density at radius 1 is 1.22 bits per heavy atom. The predicted octanol–water partition coefficient (Wildman–Crippen LogP) is 2.10. The van der Waals surface area contributed by atoms with Gasteiger partial charge in [-0.05, 0) is 12.8 Å². The van der Waals surface area contributed by atoms with Crippen LogP contribution in [0, 0.1) is 0 Å². The van der Waals surface area contributed by atoms with Gasteiger partial charge in [0.2, 0.25) is 0 Å². The van der Waals surface area contributed by atoms with Crippen LogP contribution < -0.4 is 0 Å². The summed E-state index contributed by atoms with van der Waals surface area (Å²) in [4.78, 5) is 0. The fourth-order valence-corrected chi connectivity index (χ4v) is 2.29. The number of aliphatic hydroxyl groups excluding tert-OH is 1. The summed E-state index contributed by atoms with van der Waals surface area (Å²) < 4.78 is 7.12. The third-order valence-corrected chi connectivity index (χ3v) is 3.16. The van der Waals surface area contributed by atoms with E-state index in [1.54, 1.807) is 7.11 Å². The van der Waals surface area contributed by atoms with Gasteiger partial charge in [-0.1, -0.05) is 26.7 Å². The lowest BCUT2D eigenvalue weighted by molar-refractivity contribution is 0.181. The second kappa shape index (κ2) is 8.21. The highest BCUT2D eigenvalue weighted by Crippen LogP contribution is 2.25. The molecule has 0 radical (unpaired) electrons. The molecule has 0 aliphatic rings. The minimum Gasteiger partial charge on any atom is -0.388 e. The molecular formula is C13H25N3O2. The summed E-state index contributed by atoms with van der Waals surface area (Å²) >= 11 is 0. The first-order valence-electron chi connectivity index (χ1n) is 6.80. The van der Waals surface area contributed by atoms with Crippen molar-refractivity contribution in [1.29, 1.82) is 0 Å². The highest BCUT2D eigenvalue weighted by atomic mass is 16.5. The van der Waals surface area contributed by atoms with Gasteiger partial charge in [0.05, 0.1) is 6.61 Å². The van der Waals surface area contributed by atoms with Crippen LogP contribution in [-0.4, -0.2) is 33.6 Å². The largest absolute Gasteiger partial charge is 0.388 e. The third kappa shape index (κ3) is 3.78. The lowest BCUT2D eigenvalue weighted by Crippen LogP contribution is -2.15. The van der Waals surface area contributed by atoms with Gasteiger partial charge in [-0.15, -0.1) is 10.2 Å². The van der Waals surface area contributed by atoms with Gasteiger partial charge in [0.15, 0.2) is 5.82 Å². The molecule has 0 unspecified atom stereocenters. The normalized spacial score (nSPS) is 11.4. The summed E-state index contributed by atoms with van der Waals surface area (Å²) in [6, 6.07) is 0. The summed E-state index contributed by atoms with van der Waals surface area (Å²) in [7, 11) is 1.68. The average molecular weight is 255 g/mol. The van der Waals surface area contributed by atoms with Crippen LogP contribution >= 0.6 is 0 Å². The maximum absolute atomic E-state index is 9.31. The molecule has 1 aromatic rings. The number of rotatable bonds is 9. The van der Waals surface area contributed by atoms with E-state index in [-0.39, 0.29) is 6.61 Å². The Balaban J connectivity index is 2.92. The standard InChI is InChI=1S/C13H25N3O2/c1-4-6-11(7-5-2)13-15-14-12(10-17)16(13)8-9-18-3/h11,17H,4-10H2,1-3H3. The van der Waals surface area contributed by atoms with Crippen molar-refractivity contribution in [2.75, 3.05) is 13.7 Å². The van der Waals surface area contributed by atoms with E-state index in [1.807, 2.05) is 4.57 Å². The van der Waals surface area contributed by atoms with Crippen LogP contribution in [0.2, 0.25) is 0 Å². The van der Waals surface area contributed by atoms with E-state index in [9.17, 15) is 5.11 Å². The molecule has 0 bridgehead atoms. The van der Waals surface area contributed by atoms with E-state index in [2.05, 4.69) is 24.0 Å². The van der Waals surface area contributed by atoms with Crippen molar-refractivity contribution >= 4 is 0 Å². The molecule has 0 saturated heterocycles. The Hall–Kier alpha value is -0.940. The Morgan fingerprint density at radius 3 is 2.39 bits per heavy atom. The summed E-state index contributed by atoms with van der Waals surface area (Å²) in [6.45, 7) is 5.63.